The SMILES string of the molecule is CCO/C(N)=C(/CC)C(=O)O. The molecule has 0 aliphatic carbocycles. The molecule has 0 fully saturated rings. The Kier molecular flexibility index (Phi) is 4.10. The number of aliphatic carboxylic acids is 1. The van der Waals surface area contributed by atoms with E-state index in [1.54, 1.807) is 13.8 Å². The van der Waals surface area contributed by atoms with Gasteiger partial charge in [0.2, 0.25) is 0 Å². The first-order valence-electron chi connectivity index (χ1n) is 3.48. The molecular weight excluding hydrogens is 146 g/mol. The fourth-order valence-corrected chi connectivity index (χ4v) is 0.673. The maximum absolute atomic E-state index is 10.4. The van der Waals surface area contributed by atoms with Crippen LogP contribution in [-0.4, -0.2) is 17.7 Å². The van der Waals surface area contributed by atoms with Gasteiger partial charge in [-0.25, -0.2) is 4.79 Å². The smallest absolute Gasteiger partial charge is 0.336 e. The zero-order chi connectivity index (χ0) is 8.85. The van der Waals surface area contributed by atoms with Gasteiger partial charge in [-0.2, -0.15) is 0 Å². The first kappa shape index (κ1) is 9.81. The van der Waals surface area contributed by atoms with Crippen molar-refractivity contribution in [3.63, 3.8) is 0 Å². The summed E-state index contributed by atoms with van der Waals surface area (Å²) in [6.07, 6.45) is 0.376. The number of hydrogen-bond donors (Lipinski definition) is 2. The molecule has 0 aromatic rings. The van der Waals surface area contributed by atoms with Crippen molar-refractivity contribution in [3.05, 3.63) is 11.5 Å². The molecule has 0 heterocycles. The number of carbonyl (C=O) groups is 1. The van der Waals surface area contributed by atoms with Crippen LogP contribution >= 0.6 is 0 Å². The zero-order valence-electron chi connectivity index (χ0n) is 6.76. The Morgan fingerprint density at radius 2 is 2.09 bits per heavy atom. The number of carboxylic acid groups (broad SMARTS) is 1. The highest BCUT2D eigenvalue weighted by molar-refractivity contribution is 5.86. The van der Waals surface area contributed by atoms with Gasteiger partial charge in [-0.05, 0) is 13.3 Å². The molecule has 3 N–H and O–H groups in total. The molecule has 0 radical (unpaired) electrons. The largest absolute Gasteiger partial charge is 0.479 e. The lowest BCUT2D eigenvalue weighted by atomic mass is 10.2. The van der Waals surface area contributed by atoms with E-state index in [2.05, 4.69) is 0 Å². The van der Waals surface area contributed by atoms with Gasteiger partial charge in [0.25, 0.3) is 0 Å². The summed E-state index contributed by atoms with van der Waals surface area (Å²) in [7, 11) is 0. The quantitative estimate of drug-likeness (QED) is 0.467. The molecule has 0 rings (SSSR count). The van der Waals surface area contributed by atoms with Gasteiger partial charge >= 0.3 is 5.97 Å². The molecule has 0 aliphatic heterocycles. The van der Waals surface area contributed by atoms with E-state index < -0.39 is 5.97 Å². The minimum atomic E-state index is -1.02. The van der Waals surface area contributed by atoms with Gasteiger partial charge in [0, 0.05) is 0 Å². The minimum absolute atomic E-state index is 0.0162. The summed E-state index contributed by atoms with van der Waals surface area (Å²) in [5, 5.41) is 8.55. The van der Waals surface area contributed by atoms with E-state index in [0.29, 0.717) is 13.0 Å². The molecular formula is C7H13NO3. The molecule has 0 saturated heterocycles. The Bertz CT molecular complexity index is 175. The highest BCUT2D eigenvalue weighted by Crippen LogP contribution is 2.05. The molecule has 0 amide bonds. The van der Waals surface area contributed by atoms with Crippen molar-refractivity contribution < 1.29 is 14.6 Å². The Morgan fingerprint density at radius 1 is 1.55 bits per heavy atom. The van der Waals surface area contributed by atoms with Crippen LogP contribution in [0.5, 0.6) is 0 Å². The fraction of sp³-hybridized carbons (Fsp3) is 0.571. The van der Waals surface area contributed by atoms with Crippen LogP contribution in [0, 0.1) is 0 Å². The lowest BCUT2D eigenvalue weighted by Crippen LogP contribution is -2.12. The number of hydrogen-bond acceptors (Lipinski definition) is 3. The molecule has 4 heteroatoms. The van der Waals surface area contributed by atoms with Crippen LogP contribution in [0.3, 0.4) is 0 Å². The third-order valence-electron chi connectivity index (χ3n) is 1.21. The van der Waals surface area contributed by atoms with E-state index in [4.69, 9.17) is 15.6 Å². The zero-order valence-corrected chi connectivity index (χ0v) is 6.76. The molecule has 0 saturated carbocycles. The maximum atomic E-state index is 10.4. The molecule has 0 aliphatic rings. The molecule has 0 bridgehead atoms. The third kappa shape index (κ3) is 2.93. The van der Waals surface area contributed by atoms with E-state index in [9.17, 15) is 4.79 Å². The van der Waals surface area contributed by atoms with E-state index in [1.165, 1.54) is 0 Å². The van der Waals surface area contributed by atoms with Gasteiger partial charge in [0.1, 0.15) is 0 Å². The topological polar surface area (TPSA) is 72.5 Å². The number of rotatable bonds is 4. The normalized spacial score (nSPS) is 12.2. The van der Waals surface area contributed by atoms with Crippen LogP contribution in [-0.2, 0) is 9.53 Å². The van der Waals surface area contributed by atoms with Crippen molar-refractivity contribution in [1.82, 2.24) is 0 Å². The second-order valence-electron chi connectivity index (χ2n) is 1.93. The molecule has 0 atom stereocenters. The third-order valence-corrected chi connectivity index (χ3v) is 1.21. The molecule has 0 spiro atoms. The summed E-state index contributed by atoms with van der Waals surface area (Å²) < 4.78 is 4.83. The van der Waals surface area contributed by atoms with Gasteiger partial charge < -0.3 is 15.6 Å². The molecule has 0 aromatic heterocycles. The molecule has 4 nitrogen and oxygen atoms in total. The standard InChI is InChI=1S/C7H13NO3/c1-3-5(7(9)10)6(8)11-4-2/h3-4,8H2,1-2H3,(H,9,10)/b6-5-. The van der Waals surface area contributed by atoms with Crippen LogP contribution in [0.15, 0.2) is 11.5 Å². The number of nitrogens with two attached hydrogens (primary N) is 1. The fourth-order valence-electron chi connectivity index (χ4n) is 0.673. The molecule has 11 heavy (non-hydrogen) atoms. The highest BCUT2D eigenvalue weighted by atomic mass is 16.5. The molecule has 0 aromatic carbocycles. The van der Waals surface area contributed by atoms with Crippen LogP contribution in [0.25, 0.3) is 0 Å². The van der Waals surface area contributed by atoms with Gasteiger partial charge in [0.15, 0.2) is 5.88 Å². The highest BCUT2D eigenvalue weighted by Gasteiger charge is 2.10. The Labute approximate surface area is 65.6 Å². The summed E-state index contributed by atoms with van der Waals surface area (Å²) >= 11 is 0. The lowest BCUT2D eigenvalue weighted by Gasteiger charge is -2.05. The van der Waals surface area contributed by atoms with Crippen LogP contribution in [0.2, 0.25) is 0 Å². The van der Waals surface area contributed by atoms with Crippen molar-refractivity contribution in [3.8, 4) is 0 Å². The van der Waals surface area contributed by atoms with E-state index in [0.717, 1.165) is 0 Å². The summed E-state index contributed by atoms with van der Waals surface area (Å²) in [4.78, 5) is 10.4. The van der Waals surface area contributed by atoms with Gasteiger partial charge in [0.05, 0.1) is 12.2 Å². The van der Waals surface area contributed by atoms with Crippen molar-refractivity contribution in [2.45, 2.75) is 20.3 Å². The van der Waals surface area contributed by atoms with Crippen molar-refractivity contribution in [2.24, 2.45) is 5.73 Å². The predicted octanol–water partition coefficient (Wildman–Crippen LogP) is 0.688. The van der Waals surface area contributed by atoms with E-state index >= 15 is 0 Å². The summed E-state index contributed by atoms with van der Waals surface area (Å²) in [5.74, 6) is -0.999. The Balaban J connectivity index is 4.40. The van der Waals surface area contributed by atoms with Crippen LogP contribution in [0.1, 0.15) is 20.3 Å². The Morgan fingerprint density at radius 3 is 2.36 bits per heavy atom. The van der Waals surface area contributed by atoms with Gasteiger partial charge in [-0.15, -0.1) is 0 Å². The Hall–Kier alpha value is -1.19. The molecule has 0 unspecified atom stereocenters. The van der Waals surface area contributed by atoms with E-state index in [1.807, 2.05) is 0 Å². The minimum Gasteiger partial charge on any atom is -0.479 e. The first-order valence-corrected chi connectivity index (χ1v) is 3.48. The number of carboxylic acids is 1. The summed E-state index contributed by atoms with van der Waals surface area (Å²) in [5.41, 5.74) is 5.45. The summed E-state index contributed by atoms with van der Waals surface area (Å²) in [6, 6.07) is 0. The number of ether oxygens (including phenoxy) is 1. The van der Waals surface area contributed by atoms with Gasteiger partial charge in [-0.3, -0.25) is 0 Å². The van der Waals surface area contributed by atoms with Crippen molar-refractivity contribution in [1.29, 1.82) is 0 Å². The van der Waals surface area contributed by atoms with Crippen LogP contribution < -0.4 is 5.73 Å². The second-order valence-corrected chi connectivity index (χ2v) is 1.93. The second kappa shape index (κ2) is 4.60. The average molecular weight is 159 g/mol. The summed E-state index contributed by atoms with van der Waals surface area (Å²) in [6.45, 7) is 3.86. The van der Waals surface area contributed by atoms with Crippen molar-refractivity contribution in [2.75, 3.05) is 6.61 Å². The average Bonchev–Trinajstić information content (AvgIpc) is 1.88. The lowest BCUT2D eigenvalue weighted by molar-refractivity contribution is -0.133. The van der Waals surface area contributed by atoms with Gasteiger partial charge in [-0.1, -0.05) is 6.92 Å². The molecule has 64 valence electrons. The predicted molar refractivity (Wildman–Crippen MR) is 40.8 cm³/mol. The van der Waals surface area contributed by atoms with Crippen LogP contribution in [0.4, 0.5) is 0 Å². The van der Waals surface area contributed by atoms with E-state index in [-0.39, 0.29) is 11.5 Å². The first-order chi connectivity index (χ1) is 5.13. The van der Waals surface area contributed by atoms with Crippen molar-refractivity contribution >= 4 is 5.97 Å². The maximum Gasteiger partial charge on any atom is 0.336 e. The monoisotopic (exact) mass is 159 g/mol.